The number of carbonyl (C=O) groups excluding carboxylic acids is 1. The summed E-state index contributed by atoms with van der Waals surface area (Å²) in [7, 11) is -3.12. The molecular weight excluding hydrogens is 202 g/mol. The fourth-order valence-electron chi connectivity index (χ4n) is 0.557. The summed E-state index contributed by atoms with van der Waals surface area (Å²) in [5.74, 6) is 0.0574. The van der Waals surface area contributed by atoms with Crippen molar-refractivity contribution in [2.75, 3.05) is 12.3 Å². The predicted molar refractivity (Wildman–Crippen MR) is 47.6 cm³/mol. The molecule has 0 saturated carbocycles. The second kappa shape index (κ2) is 5.50. The van der Waals surface area contributed by atoms with Gasteiger partial charge >= 0.3 is 0 Å². The van der Waals surface area contributed by atoms with Gasteiger partial charge in [0.1, 0.15) is 0 Å². The Labute approximate surface area is 77.3 Å². The highest BCUT2D eigenvalue weighted by Crippen LogP contribution is 1.93. The highest BCUT2D eigenvalue weighted by molar-refractivity contribution is 7.89. The van der Waals surface area contributed by atoms with Gasteiger partial charge in [0.2, 0.25) is 15.3 Å². The molecule has 0 rings (SSSR count). The molecule has 0 aromatic heterocycles. The largest absolute Gasteiger partial charge is 0.281 e. The average Bonchev–Trinajstić information content (AvgIpc) is 1.98. The van der Waals surface area contributed by atoms with E-state index in [1.165, 1.54) is 0 Å². The Balaban J connectivity index is 3.51. The second-order valence-electron chi connectivity index (χ2n) is 2.26. The van der Waals surface area contributed by atoms with Gasteiger partial charge in [0, 0.05) is 13.0 Å². The lowest BCUT2D eigenvalue weighted by molar-refractivity contribution is -0.111. The summed E-state index contributed by atoms with van der Waals surface area (Å²) in [6.45, 7) is 1.82. The lowest BCUT2D eigenvalue weighted by atomic mass is 10.3. The summed E-state index contributed by atoms with van der Waals surface area (Å²) < 4.78 is 24.0. The molecule has 0 spiro atoms. The molecule has 6 heteroatoms. The number of hydrogen-bond acceptors (Lipinski definition) is 3. The smallest absolute Gasteiger partial charge is 0.221 e. The van der Waals surface area contributed by atoms with Crippen molar-refractivity contribution in [3.05, 3.63) is 0 Å². The van der Waals surface area contributed by atoms with Gasteiger partial charge in [-0.15, -0.1) is 0 Å². The van der Waals surface area contributed by atoms with Crippen LogP contribution in [0.15, 0.2) is 0 Å². The topological polar surface area (TPSA) is 63.2 Å². The second-order valence-corrected chi connectivity index (χ2v) is 4.77. The van der Waals surface area contributed by atoms with Gasteiger partial charge in [-0.1, -0.05) is 0 Å². The summed E-state index contributed by atoms with van der Waals surface area (Å²) in [5, 5.41) is -0.439. The SMILES string of the molecule is CCS(=O)(=O)NCCCC(=O)Cl. The van der Waals surface area contributed by atoms with Gasteiger partial charge in [-0.05, 0) is 24.9 Å². The van der Waals surface area contributed by atoms with E-state index < -0.39 is 15.3 Å². The lowest BCUT2D eigenvalue weighted by Gasteiger charge is -2.01. The Morgan fingerprint density at radius 3 is 2.50 bits per heavy atom. The van der Waals surface area contributed by atoms with Crippen molar-refractivity contribution >= 4 is 26.9 Å². The molecule has 0 saturated heterocycles. The molecule has 72 valence electrons. The van der Waals surface area contributed by atoms with E-state index in [-0.39, 0.29) is 18.7 Å². The first-order chi connectivity index (χ1) is 5.48. The highest BCUT2D eigenvalue weighted by Gasteiger charge is 2.04. The normalized spacial score (nSPS) is 11.5. The molecule has 0 aliphatic heterocycles. The molecule has 0 unspecified atom stereocenters. The first kappa shape index (κ1) is 11.9. The maximum Gasteiger partial charge on any atom is 0.221 e. The van der Waals surface area contributed by atoms with Crippen molar-refractivity contribution in [1.29, 1.82) is 0 Å². The summed E-state index contributed by atoms with van der Waals surface area (Å²) in [6, 6.07) is 0. The number of rotatable bonds is 6. The Kier molecular flexibility index (Phi) is 5.44. The first-order valence-electron chi connectivity index (χ1n) is 3.63. The van der Waals surface area contributed by atoms with E-state index in [4.69, 9.17) is 11.6 Å². The first-order valence-corrected chi connectivity index (χ1v) is 5.66. The third-order valence-corrected chi connectivity index (χ3v) is 2.85. The van der Waals surface area contributed by atoms with Gasteiger partial charge in [0.15, 0.2) is 0 Å². The molecule has 4 nitrogen and oxygen atoms in total. The van der Waals surface area contributed by atoms with Crippen LogP contribution in [0.1, 0.15) is 19.8 Å². The van der Waals surface area contributed by atoms with E-state index in [9.17, 15) is 13.2 Å². The predicted octanol–water partition coefficient (Wildman–Crippen LogP) is 0.471. The van der Waals surface area contributed by atoms with Crippen LogP contribution in [0, 0.1) is 0 Å². The minimum absolute atomic E-state index is 0.0574. The Bertz CT molecular complexity index is 237. The Morgan fingerprint density at radius 2 is 2.08 bits per heavy atom. The van der Waals surface area contributed by atoms with Crippen LogP contribution in [0.3, 0.4) is 0 Å². The molecular formula is C6H12ClNO3S. The maximum atomic E-state index is 10.8. The molecule has 0 aromatic rings. The fraction of sp³-hybridized carbons (Fsp3) is 0.833. The molecule has 0 aromatic carbocycles. The van der Waals surface area contributed by atoms with Gasteiger partial charge in [-0.2, -0.15) is 0 Å². The van der Waals surface area contributed by atoms with Crippen molar-refractivity contribution in [3.63, 3.8) is 0 Å². The molecule has 0 atom stereocenters. The van der Waals surface area contributed by atoms with Gasteiger partial charge in [0.05, 0.1) is 5.75 Å². The van der Waals surface area contributed by atoms with Gasteiger partial charge in [0.25, 0.3) is 0 Å². The van der Waals surface area contributed by atoms with E-state index in [0.717, 1.165) is 0 Å². The van der Waals surface area contributed by atoms with E-state index in [1.807, 2.05) is 0 Å². The van der Waals surface area contributed by atoms with E-state index in [0.29, 0.717) is 6.42 Å². The number of carbonyl (C=O) groups is 1. The third-order valence-electron chi connectivity index (χ3n) is 1.25. The zero-order valence-corrected chi connectivity index (χ0v) is 8.41. The standard InChI is InChI=1S/C6H12ClNO3S/c1-2-12(10,11)8-5-3-4-6(7)9/h8H,2-5H2,1H3. The van der Waals surface area contributed by atoms with Crippen molar-refractivity contribution in [1.82, 2.24) is 4.72 Å². The van der Waals surface area contributed by atoms with E-state index >= 15 is 0 Å². The minimum Gasteiger partial charge on any atom is -0.281 e. The minimum atomic E-state index is -3.12. The van der Waals surface area contributed by atoms with Crippen LogP contribution in [0.2, 0.25) is 0 Å². The lowest BCUT2D eigenvalue weighted by Crippen LogP contribution is -2.26. The van der Waals surface area contributed by atoms with Crippen molar-refractivity contribution in [2.45, 2.75) is 19.8 Å². The highest BCUT2D eigenvalue weighted by atomic mass is 35.5. The molecule has 0 aliphatic carbocycles. The molecule has 0 fully saturated rings. The van der Waals surface area contributed by atoms with E-state index in [1.54, 1.807) is 6.92 Å². The zero-order chi connectivity index (χ0) is 9.61. The monoisotopic (exact) mass is 213 g/mol. The van der Waals surface area contributed by atoms with Crippen molar-refractivity contribution < 1.29 is 13.2 Å². The summed E-state index contributed by atoms with van der Waals surface area (Å²) >= 11 is 5.05. The quantitative estimate of drug-likeness (QED) is 0.516. The van der Waals surface area contributed by atoms with Crippen molar-refractivity contribution in [2.24, 2.45) is 0 Å². The van der Waals surface area contributed by atoms with Gasteiger partial charge in [-0.3, -0.25) is 4.79 Å². The molecule has 0 radical (unpaired) electrons. The average molecular weight is 214 g/mol. The van der Waals surface area contributed by atoms with Crippen LogP contribution in [-0.4, -0.2) is 26.0 Å². The number of nitrogens with one attached hydrogen (secondary N) is 1. The van der Waals surface area contributed by atoms with Crippen LogP contribution < -0.4 is 4.72 Å². The van der Waals surface area contributed by atoms with Gasteiger partial charge in [-0.25, -0.2) is 13.1 Å². The third kappa shape index (κ3) is 6.57. The molecule has 1 N–H and O–H groups in total. The zero-order valence-electron chi connectivity index (χ0n) is 6.84. The molecule has 12 heavy (non-hydrogen) atoms. The Morgan fingerprint density at radius 1 is 1.50 bits per heavy atom. The molecule has 0 heterocycles. The van der Waals surface area contributed by atoms with Crippen LogP contribution in [0.25, 0.3) is 0 Å². The Hall–Kier alpha value is -0.130. The van der Waals surface area contributed by atoms with Crippen LogP contribution in [0.5, 0.6) is 0 Å². The molecule has 0 amide bonds. The summed E-state index contributed by atoms with van der Waals surface area (Å²) in [4.78, 5) is 10.2. The van der Waals surface area contributed by atoms with Gasteiger partial charge < -0.3 is 0 Å². The summed E-state index contributed by atoms with van der Waals surface area (Å²) in [5.41, 5.74) is 0. The molecule has 0 aliphatic rings. The van der Waals surface area contributed by atoms with E-state index in [2.05, 4.69) is 4.72 Å². The van der Waals surface area contributed by atoms with Crippen LogP contribution in [0.4, 0.5) is 0 Å². The van der Waals surface area contributed by atoms with Crippen LogP contribution in [-0.2, 0) is 14.8 Å². The maximum absolute atomic E-state index is 10.8. The number of sulfonamides is 1. The fourth-order valence-corrected chi connectivity index (χ4v) is 1.35. The number of halogens is 1. The van der Waals surface area contributed by atoms with Crippen molar-refractivity contribution in [3.8, 4) is 0 Å². The number of hydrogen-bond donors (Lipinski definition) is 1. The van der Waals surface area contributed by atoms with Crippen LogP contribution >= 0.6 is 11.6 Å². The summed E-state index contributed by atoms with van der Waals surface area (Å²) in [6.07, 6.45) is 0.648. The molecule has 0 bridgehead atoms.